The predicted molar refractivity (Wildman–Crippen MR) is 66.7 cm³/mol. The molecule has 0 saturated heterocycles. The fourth-order valence-electron chi connectivity index (χ4n) is 1.92. The lowest BCUT2D eigenvalue weighted by atomic mass is 10.1. The van der Waals surface area contributed by atoms with Crippen LogP contribution in [0.2, 0.25) is 0 Å². The highest BCUT2D eigenvalue weighted by Crippen LogP contribution is 2.31. The van der Waals surface area contributed by atoms with Gasteiger partial charge in [-0.3, -0.25) is 0 Å². The monoisotopic (exact) mass is 225 g/mol. The van der Waals surface area contributed by atoms with E-state index in [1.54, 1.807) is 18.7 Å². The highest BCUT2D eigenvalue weighted by Gasteiger charge is 2.11. The maximum atomic E-state index is 4.30. The quantitative estimate of drug-likeness (QED) is 0.700. The van der Waals surface area contributed by atoms with Gasteiger partial charge in [0.15, 0.2) is 0 Å². The van der Waals surface area contributed by atoms with E-state index in [1.165, 1.54) is 0 Å². The molecule has 0 amide bonds. The second kappa shape index (κ2) is 3.86. The molecule has 17 heavy (non-hydrogen) atoms. The molecule has 0 aromatic carbocycles. The Kier molecular flexibility index (Phi) is 2.22. The van der Waals surface area contributed by atoms with Crippen LogP contribution in [-0.2, 0) is 0 Å². The summed E-state index contributed by atoms with van der Waals surface area (Å²) in [5.74, 6) is 0. The van der Waals surface area contributed by atoms with E-state index in [1.807, 2.05) is 25.4 Å². The van der Waals surface area contributed by atoms with E-state index in [0.717, 1.165) is 28.0 Å². The molecule has 3 aromatic rings. The standard InChI is InChI=1S/C12H11N5/c1-13-10-3-5-15-12-11(10)8(6-16-12)9-2-4-14-7-17-9/h2-7H,1H3,(H2,13,15,16). The van der Waals surface area contributed by atoms with Gasteiger partial charge < -0.3 is 10.3 Å². The number of pyridine rings is 1. The molecule has 0 atom stereocenters. The van der Waals surface area contributed by atoms with Crippen LogP contribution in [0.25, 0.3) is 22.3 Å². The number of nitrogens with zero attached hydrogens (tertiary/aromatic N) is 3. The Morgan fingerprint density at radius 1 is 1.18 bits per heavy atom. The van der Waals surface area contributed by atoms with Gasteiger partial charge in [-0.1, -0.05) is 0 Å². The Morgan fingerprint density at radius 2 is 2.12 bits per heavy atom. The number of anilines is 1. The Bertz CT molecular complexity index is 644. The predicted octanol–water partition coefficient (Wildman–Crippen LogP) is 2.06. The van der Waals surface area contributed by atoms with Crippen molar-refractivity contribution in [1.29, 1.82) is 0 Å². The molecule has 0 fully saturated rings. The molecule has 0 radical (unpaired) electrons. The third-order valence-electron chi connectivity index (χ3n) is 2.70. The Labute approximate surface area is 98.0 Å². The largest absolute Gasteiger partial charge is 0.387 e. The van der Waals surface area contributed by atoms with Crippen LogP contribution in [0.5, 0.6) is 0 Å². The summed E-state index contributed by atoms with van der Waals surface area (Å²) in [6.07, 6.45) is 6.97. The van der Waals surface area contributed by atoms with Crippen LogP contribution in [-0.4, -0.2) is 27.0 Å². The average Bonchev–Trinajstić information content (AvgIpc) is 2.83. The van der Waals surface area contributed by atoms with Gasteiger partial charge in [0.2, 0.25) is 0 Å². The minimum Gasteiger partial charge on any atom is -0.387 e. The molecule has 5 nitrogen and oxygen atoms in total. The van der Waals surface area contributed by atoms with Crippen molar-refractivity contribution in [3.63, 3.8) is 0 Å². The number of nitrogens with one attached hydrogen (secondary N) is 2. The van der Waals surface area contributed by atoms with E-state index in [-0.39, 0.29) is 0 Å². The zero-order valence-corrected chi connectivity index (χ0v) is 9.31. The molecule has 0 bridgehead atoms. The van der Waals surface area contributed by atoms with Gasteiger partial charge in [0.25, 0.3) is 0 Å². The smallest absolute Gasteiger partial charge is 0.140 e. The van der Waals surface area contributed by atoms with Crippen LogP contribution in [0.4, 0.5) is 5.69 Å². The molecule has 0 unspecified atom stereocenters. The van der Waals surface area contributed by atoms with Gasteiger partial charge in [-0.2, -0.15) is 0 Å². The van der Waals surface area contributed by atoms with E-state index in [9.17, 15) is 0 Å². The molecular formula is C12H11N5. The lowest BCUT2D eigenvalue weighted by Crippen LogP contribution is -1.91. The van der Waals surface area contributed by atoms with Crippen LogP contribution >= 0.6 is 0 Å². The Hall–Kier alpha value is -2.43. The zero-order chi connectivity index (χ0) is 11.7. The lowest BCUT2D eigenvalue weighted by molar-refractivity contribution is 1.17. The van der Waals surface area contributed by atoms with Gasteiger partial charge >= 0.3 is 0 Å². The molecular weight excluding hydrogens is 214 g/mol. The molecule has 3 aromatic heterocycles. The first kappa shape index (κ1) is 9.77. The molecule has 0 aliphatic heterocycles. The number of hydrogen-bond donors (Lipinski definition) is 2. The van der Waals surface area contributed by atoms with Gasteiger partial charge in [0.05, 0.1) is 11.1 Å². The molecule has 5 heteroatoms. The summed E-state index contributed by atoms with van der Waals surface area (Å²) in [6, 6.07) is 3.83. The highest BCUT2D eigenvalue weighted by atomic mass is 14.9. The van der Waals surface area contributed by atoms with Crippen molar-refractivity contribution in [2.75, 3.05) is 12.4 Å². The van der Waals surface area contributed by atoms with Crippen molar-refractivity contribution in [3.05, 3.63) is 37.1 Å². The van der Waals surface area contributed by atoms with Crippen LogP contribution in [0.15, 0.2) is 37.1 Å². The lowest BCUT2D eigenvalue weighted by Gasteiger charge is -2.03. The number of rotatable bonds is 2. The highest BCUT2D eigenvalue weighted by molar-refractivity contribution is 6.01. The third kappa shape index (κ3) is 1.52. The van der Waals surface area contributed by atoms with Crippen LogP contribution in [0.1, 0.15) is 0 Å². The summed E-state index contributed by atoms with van der Waals surface area (Å²) in [7, 11) is 1.89. The van der Waals surface area contributed by atoms with Crippen molar-refractivity contribution in [1.82, 2.24) is 19.9 Å². The average molecular weight is 225 g/mol. The summed E-state index contributed by atoms with van der Waals surface area (Å²) in [5, 5.41) is 4.21. The van der Waals surface area contributed by atoms with E-state index < -0.39 is 0 Å². The number of aromatic amines is 1. The molecule has 2 N–H and O–H groups in total. The Morgan fingerprint density at radius 3 is 2.88 bits per heavy atom. The van der Waals surface area contributed by atoms with Crippen molar-refractivity contribution in [2.45, 2.75) is 0 Å². The van der Waals surface area contributed by atoms with Gasteiger partial charge in [-0.05, 0) is 12.1 Å². The summed E-state index contributed by atoms with van der Waals surface area (Å²) in [4.78, 5) is 15.6. The first-order chi connectivity index (χ1) is 8.40. The first-order valence-corrected chi connectivity index (χ1v) is 5.30. The van der Waals surface area contributed by atoms with Crippen LogP contribution in [0.3, 0.4) is 0 Å². The van der Waals surface area contributed by atoms with Crippen molar-refractivity contribution >= 4 is 16.7 Å². The summed E-state index contributed by atoms with van der Waals surface area (Å²) in [6.45, 7) is 0. The van der Waals surface area contributed by atoms with Crippen molar-refractivity contribution in [3.8, 4) is 11.3 Å². The summed E-state index contributed by atoms with van der Waals surface area (Å²) < 4.78 is 0. The molecule has 0 aliphatic carbocycles. The topological polar surface area (TPSA) is 66.5 Å². The zero-order valence-electron chi connectivity index (χ0n) is 9.31. The normalized spacial score (nSPS) is 10.6. The van der Waals surface area contributed by atoms with E-state index in [0.29, 0.717) is 0 Å². The van der Waals surface area contributed by atoms with Gasteiger partial charge in [-0.15, -0.1) is 0 Å². The minimum atomic E-state index is 0.852. The second-order valence-electron chi connectivity index (χ2n) is 3.63. The fraction of sp³-hybridized carbons (Fsp3) is 0.0833. The number of aromatic nitrogens is 4. The van der Waals surface area contributed by atoms with Crippen molar-refractivity contribution < 1.29 is 0 Å². The van der Waals surface area contributed by atoms with Crippen molar-refractivity contribution in [2.24, 2.45) is 0 Å². The molecule has 3 heterocycles. The van der Waals surface area contributed by atoms with Gasteiger partial charge in [0, 0.05) is 36.9 Å². The summed E-state index contributed by atoms with van der Waals surface area (Å²) >= 11 is 0. The van der Waals surface area contributed by atoms with E-state index >= 15 is 0 Å². The number of H-pyrrole nitrogens is 1. The first-order valence-electron chi connectivity index (χ1n) is 5.30. The molecule has 0 spiro atoms. The molecule has 84 valence electrons. The van der Waals surface area contributed by atoms with E-state index in [2.05, 4.69) is 25.3 Å². The third-order valence-corrected chi connectivity index (χ3v) is 2.70. The number of hydrogen-bond acceptors (Lipinski definition) is 4. The minimum absolute atomic E-state index is 0.852. The molecule has 3 rings (SSSR count). The maximum Gasteiger partial charge on any atom is 0.140 e. The number of fused-ring (bicyclic) bond motifs is 1. The summed E-state index contributed by atoms with van der Waals surface area (Å²) in [5.41, 5.74) is 3.80. The van der Waals surface area contributed by atoms with Crippen LogP contribution < -0.4 is 5.32 Å². The van der Waals surface area contributed by atoms with Gasteiger partial charge in [0.1, 0.15) is 12.0 Å². The Balaban J connectivity index is 2.31. The van der Waals surface area contributed by atoms with E-state index in [4.69, 9.17) is 0 Å². The van der Waals surface area contributed by atoms with Gasteiger partial charge in [-0.25, -0.2) is 15.0 Å². The SMILES string of the molecule is CNc1ccnc2[nH]cc(-c3ccncn3)c12. The van der Waals surface area contributed by atoms with Crippen LogP contribution in [0, 0.1) is 0 Å². The molecule has 0 aliphatic rings. The second-order valence-corrected chi connectivity index (χ2v) is 3.63. The maximum absolute atomic E-state index is 4.30. The fourth-order valence-corrected chi connectivity index (χ4v) is 1.92. The molecule has 0 saturated carbocycles.